The summed E-state index contributed by atoms with van der Waals surface area (Å²) in [5, 5.41) is 4.12. The van der Waals surface area contributed by atoms with Crippen LogP contribution in [0.25, 0.3) is 10.8 Å². The van der Waals surface area contributed by atoms with E-state index in [4.69, 9.17) is 0 Å². The maximum Gasteiger partial charge on any atom is 0.387 e. The summed E-state index contributed by atoms with van der Waals surface area (Å²) in [6.45, 7) is 1.78. The lowest BCUT2D eigenvalue weighted by atomic mass is 9.88. The lowest BCUT2D eigenvalue weighted by Gasteiger charge is -2.17. The molecule has 1 unspecified atom stereocenters. The van der Waals surface area contributed by atoms with Gasteiger partial charge in [-0.3, -0.25) is 0 Å². The smallest absolute Gasteiger partial charge is 0.387 e. The van der Waals surface area contributed by atoms with Crippen molar-refractivity contribution in [3.63, 3.8) is 0 Å². The Labute approximate surface area is 178 Å². The number of alkyl halides is 4. The second kappa shape index (κ2) is 12.3. The van der Waals surface area contributed by atoms with E-state index in [0.717, 1.165) is 5.56 Å². The predicted octanol–water partition coefficient (Wildman–Crippen LogP) is 7.85. The number of hydrogen-bond donors (Lipinski definition) is 0. The van der Waals surface area contributed by atoms with Crippen LogP contribution in [-0.4, -0.2) is 13.2 Å². The minimum absolute atomic E-state index is 0.0434. The monoisotopic (exact) mass is 528 g/mol. The van der Waals surface area contributed by atoms with E-state index >= 15 is 0 Å². The minimum atomic E-state index is -3.15. The van der Waals surface area contributed by atoms with Crippen LogP contribution < -0.4 is 9.47 Å². The van der Waals surface area contributed by atoms with E-state index in [1.165, 1.54) is 21.1 Å². The third-order valence-electron chi connectivity index (χ3n) is 3.64. The molecular formula is C20H21F4IO2S. The Bertz CT molecular complexity index is 819. The van der Waals surface area contributed by atoms with E-state index in [-0.39, 0.29) is 11.8 Å². The van der Waals surface area contributed by atoms with Crippen LogP contribution in [0.4, 0.5) is 17.6 Å². The van der Waals surface area contributed by atoms with E-state index in [2.05, 4.69) is 41.9 Å². The zero-order valence-corrected chi connectivity index (χ0v) is 18.8. The molecule has 154 valence electrons. The van der Waals surface area contributed by atoms with Gasteiger partial charge in [-0.2, -0.15) is 17.6 Å². The van der Waals surface area contributed by atoms with Crippen molar-refractivity contribution in [3.8, 4) is 22.7 Å². The lowest BCUT2D eigenvalue weighted by Crippen LogP contribution is -2.08. The molecule has 0 spiro atoms. The van der Waals surface area contributed by atoms with Gasteiger partial charge in [-0.1, -0.05) is 45.7 Å². The number of rotatable bonds is 6. The van der Waals surface area contributed by atoms with E-state index in [9.17, 15) is 17.6 Å². The summed E-state index contributed by atoms with van der Waals surface area (Å²) in [5.74, 6) is 2.50. The fourth-order valence-electron chi connectivity index (χ4n) is 2.56. The molecule has 0 N–H and O–H groups in total. The molecule has 0 saturated carbocycles. The highest BCUT2D eigenvalue weighted by molar-refractivity contribution is 14.2. The van der Waals surface area contributed by atoms with Crippen LogP contribution in [0.2, 0.25) is 0 Å². The molecule has 0 aromatic heterocycles. The summed E-state index contributed by atoms with van der Waals surface area (Å²) >= 11 is 2.09. The molecule has 0 saturated heterocycles. The van der Waals surface area contributed by atoms with E-state index < -0.39 is 24.7 Å². The molecule has 2 nitrogen and oxygen atoms in total. The van der Waals surface area contributed by atoms with Crippen molar-refractivity contribution in [1.29, 1.82) is 0 Å². The third-order valence-corrected chi connectivity index (χ3v) is 4.49. The van der Waals surface area contributed by atoms with Crippen molar-refractivity contribution < 1.29 is 27.0 Å². The Morgan fingerprint density at radius 3 is 1.89 bits per heavy atom. The predicted molar refractivity (Wildman–Crippen MR) is 116 cm³/mol. The van der Waals surface area contributed by atoms with Gasteiger partial charge in [0.2, 0.25) is 0 Å². The van der Waals surface area contributed by atoms with Gasteiger partial charge in [0.05, 0.1) is 0 Å². The average Bonchev–Trinajstić information content (AvgIpc) is 2.63. The molecule has 0 aliphatic rings. The van der Waals surface area contributed by atoms with Crippen LogP contribution in [0.5, 0.6) is 11.5 Å². The van der Waals surface area contributed by atoms with Crippen LogP contribution in [-0.2, 0) is 0 Å². The number of halogens is 5. The fraction of sp³-hybridized carbons (Fsp3) is 0.400. The van der Waals surface area contributed by atoms with Crippen molar-refractivity contribution in [2.75, 3.05) is 0 Å². The van der Waals surface area contributed by atoms with E-state index in [1.807, 2.05) is 33.8 Å². The molecule has 0 aliphatic carbocycles. The van der Waals surface area contributed by atoms with Gasteiger partial charge in [-0.05, 0) is 54.6 Å². The SMILES string of the molecule is CC.CC(C)C(C#CSI)c1ccc2cc(OC(F)F)c(OC(F)F)cc2c1. The normalized spacial score (nSPS) is 11.7. The van der Waals surface area contributed by atoms with Crippen molar-refractivity contribution in [3.05, 3.63) is 35.9 Å². The first-order valence-electron chi connectivity index (χ1n) is 8.57. The quantitative estimate of drug-likeness (QED) is 0.216. The van der Waals surface area contributed by atoms with E-state index in [0.29, 0.717) is 10.8 Å². The molecular weight excluding hydrogens is 507 g/mol. The van der Waals surface area contributed by atoms with Crippen LogP contribution >= 0.6 is 30.1 Å². The lowest BCUT2D eigenvalue weighted by molar-refractivity contribution is -0.0690. The highest BCUT2D eigenvalue weighted by Crippen LogP contribution is 2.36. The molecule has 1 atom stereocenters. The largest absolute Gasteiger partial charge is 0.431 e. The molecule has 2 aromatic carbocycles. The molecule has 2 rings (SSSR count). The Balaban J connectivity index is 0.00000190. The molecule has 8 heteroatoms. The standard InChI is InChI=1S/C18H15F4IO2S.C2H6/c1-10(2)14(5-6-26-23)12-4-3-11-8-15(24-17(19)20)16(25-18(21)22)9-13(11)7-12;1-2/h3-4,7-10,14,17-18H,1-2H3;1-2H3. The van der Waals surface area contributed by atoms with Gasteiger partial charge in [0.1, 0.15) is 0 Å². The van der Waals surface area contributed by atoms with Crippen LogP contribution in [0, 0.1) is 17.1 Å². The number of fused-ring (bicyclic) bond motifs is 1. The van der Waals surface area contributed by atoms with Gasteiger partial charge in [-0.15, -0.1) is 0 Å². The van der Waals surface area contributed by atoms with Crippen molar-refractivity contribution in [1.82, 2.24) is 0 Å². The summed E-state index contributed by atoms with van der Waals surface area (Å²) in [7, 11) is 1.38. The first kappa shape index (κ1) is 24.7. The highest BCUT2D eigenvalue weighted by Gasteiger charge is 2.18. The molecule has 0 heterocycles. The van der Waals surface area contributed by atoms with Gasteiger partial charge >= 0.3 is 13.2 Å². The number of hydrogen-bond acceptors (Lipinski definition) is 3. The number of ether oxygens (including phenoxy) is 2. The number of benzene rings is 2. The first-order chi connectivity index (χ1) is 13.3. The Morgan fingerprint density at radius 1 is 0.893 bits per heavy atom. The van der Waals surface area contributed by atoms with Gasteiger partial charge < -0.3 is 9.47 Å². The Morgan fingerprint density at radius 2 is 1.43 bits per heavy atom. The van der Waals surface area contributed by atoms with Gasteiger partial charge in [-0.25, -0.2) is 0 Å². The summed E-state index contributed by atoms with van der Waals surface area (Å²) in [6.07, 6.45) is 0. The van der Waals surface area contributed by atoms with E-state index in [1.54, 1.807) is 12.1 Å². The van der Waals surface area contributed by atoms with Gasteiger partial charge in [0, 0.05) is 27.1 Å². The zero-order chi connectivity index (χ0) is 21.3. The van der Waals surface area contributed by atoms with Gasteiger partial charge in [0.25, 0.3) is 0 Å². The zero-order valence-electron chi connectivity index (χ0n) is 15.8. The molecule has 0 bridgehead atoms. The summed E-state index contributed by atoms with van der Waals surface area (Å²) in [4.78, 5) is 0. The Kier molecular flexibility index (Phi) is 10.8. The highest BCUT2D eigenvalue weighted by atomic mass is 127. The molecule has 2 aromatic rings. The summed E-state index contributed by atoms with van der Waals surface area (Å²) in [6, 6.07) is 7.92. The molecule has 0 amide bonds. The summed E-state index contributed by atoms with van der Waals surface area (Å²) in [5.41, 5.74) is 0.913. The third kappa shape index (κ3) is 7.24. The van der Waals surface area contributed by atoms with Crippen molar-refractivity contribution in [2.45, 2.75) is 46.8 Å². The minimum Gasteiger partial charge on any atom is -0.431 e. The molecule has 28 heavy (non-hydrogen) atoms. The second-order valence-corrected chi connectivity index (χ2v) is 7.39. The fourth-order valence-corrected chi connectivity index (χ4v) is 3.12. The molecule has 0 radical (unpaired) electrons. The molecule has 0 aliphatic heterocycles. The molecule has 0 fully saturated rings. The summed E-state index contributed by atoms with van der Waals surface area (Å²) < 4.78 is 58.9. The van der Waals surface area contributed by atoms with Crippen LogP contribution in [0.15, 0.2) is 30.3 Å². The second-order valence-electron chi connectivity index (χ2n) is 5.71. The van der Waals surface area contributed by atoms with Crippen molar-refractivity contribution in [2.24, 2.45) is 5.92 Å². The maximum absolute atomic E-state index is 12.6. The average molecular weight is 528 g/mol. The van der Waals surface area contributed by atoms with Crippen LogP contribution in [0.1, 0.15) is 39.2 Å². The Hall–Kier alpha value is -1.34. The van der Waals surface area contributed by atoms with Gasteiger partial charge in [0.15, 0.2) is 11.5 Å². The first-order valence-corrected chi connectivity index (χ1v) is 11.9. The van der Waals surface area contributed by atoms with Crippen molar-refractivity contribution >= 4 is 40.9 Å². The topological polar surface area (TPSA) is 18.5 Å². The maximum atomic E-state index is 12.6. The van der Waals surface area contributed by atoms with Crippen LogP contribution in [0.3, 0.4) is 0 Å².